The highest BCUT2D eigenvalue weighted by atomic mass is 19.2. The zero-order valence-corrected chi connectivity index (χ0v) is 22.1. The van der Waals surface area contributed by atoms with Crippen LogP contribution in [-0.4, -0.2) is 70.0 Å². The van der Waals surface area contributed by atoms with Crippen LogP contribution in [0, 0.1) is 23.5 Å². The predicted octanol–water partition coefficient (Wildman–Crippen LogP) is 4.36. The van der Waals surface area contributed by atoms with Crippen molar-refractivity contribution in [3.63, 3.8) is 0 Å². The highest BCUT2D eigenvalue weighted by Gasteiger charge is 2.34. The van der Waals surface area contributed by atoms with E-state index in [-0.39, 0.29) is 36.7 Å². The minimum atomic E-state index is -0.948. The molecule has 37 heavy (non-hydrogen) atoms. The highest BCUT2D eigenvalue weighted by Crippen LogP contribution is 2.35. The van der Waals surface area contributed by atoms with E-state index in [4.69, 9.17) is 4.74 Å². The Hall–Kier alpha value is -2.46. The van der Waals surface area contributed by atoms with Gasteiger partial charge in [0.1, 0.15) is 0 Å². The SMILES string of the molecule is CNC[C@H](CC1CCCCC1)NC(=O)N1CCC[C@@H](C(OCCNC(=O)OC)c2cccc(F)c2F)C1. The van der Waals surface area contributed by atoms with Crippen LogP contribution in [-0.2, 0) is 9.47 Å². The number of amides is 3. The van der Waals surface area contributed by atoms with Crippen molar-refractivity contribution in [2.45, 2.75) is 63.5 Å². The van der Waals surface area contributed by atoms with Gasteiger partial charge in [0.2, 0.25) is 0 Å². The lowest BCUT2D eigenvalue weighted by atomic mass is 9.85. The second-order valence-electron chi connectivity index (χ2n) is 10.1. The molecule has 1 unspecified atom stereocenters. The second-order valence-corrected chi connectivity index (χ2v) is 10.1. The van der Waals surface area contributed by atoms with E-state index in [1.807, 2.05) is 7.05 Å². The van der Waals surface area contributed by atoms with Crippen LogP contribution >= 0.6 is 0 Å². The molecule has 3 atom stereocenters. The molecule has 0 bridgehead atoms. The van der Waals surface area contributed by atoms with Crippen molar-refractivity contribution in [2.75, 3.05) is 46.9 Å². The average molecular weight is 525 g/mol. The molecule has 0 radical (unpaired) electrons. The maximum absolute atomic E-state index is 14.8. The fourth-order valence-corrected chi connectivity index (χ4v) is 5.60. The molecule has 8 nitrogen and oxygen atoms in total. The van der Waals surface area contributed by atoms with Crippen LogP contribution in [0.25, 0.3) is 0 Å². The molecule has 0 spiro atoms. The number of piperidine rings is 1. The topological polar surface area (TPSA) is 91.9 Å². The Balaban J connectivity index is 1.66. The van der Waals surface area contributed by atoms with E-state index in [1.165, 1.54) is 51.3 Å². The number of likely N-dealkylation sites (tertiary alicyclic amines) is 1. The number of likely N-dealkylation sites (N-methyl/N-ethyl adjacent to an activating group) is 1. The summed E-state index contributed by atoms with van der Waals surface area (Å²) < 4.78 is 39.4. The maximum Gasteiger partial charge on any atom is 0.406 e. The standard InChI is InChI=1S/C27H42F2N4O4/c1-30-17-21(16-19-8-4-3-5-9-19)32-26(34)33-14-7-10-20(18-33)25(37-15-13-31-27(35)36-2)22-11-6-12-23(28)24(22)29/h6,11-12,19-21,25,30H,3-5,7-10,13-18H2,1-2H3,(H,31,35)(H,32,34)/t20-,21+,25?/m1/s1. The zero-order chi connectivity index (χ0) is 26.6. The number of urea groups is 1. The van der Waals surface area contributed by atoms with Gasteiger partial charge in [0.05, 0.1) is 19.8 Å². The Bertz CT molecular complexity index is 869. The number of alkyl carbamates (subject to hydrolysis) is 1. The third kappa shape index (κ3) is 8.81. The van der Waals surface area contributed by atoms with Gasteiger partial charge in [-0.05, 0) is 38.3 Å². The number of carbonyl (C=O) groups excluding carboxylic acids is 2. The molecular formula is C27H42F2N4O4. The Labute approximate surface area is 218 Å². The fraction of sp³-hybridized carbons (Fsp3) is 0.704. The number of carbonyl (C=O) groups is 2. The van der Waals surface area contributed by atoms with Gasteiger partial charge in [0, 0.05) is 43.7 Å². The van der Waals surface area contributed by atoms with Crippen molar-refractivity contribution in [1.82, 2.24) is 20.9 Å². The van der Waals surface area contributed by atoms with Crippen molar-refractivity contribution in [3.8, 4) is 0 Å². The third-order valence-electron chi connectivity index (χ3n) is 7.44. The normalized spacial score (nSPS) is 20.2. The lowest BCUT2D eigenvalue weighted by Gasteiger charge is -2.38. The molecular weight excluding hydrogens is 482 g/mol. The summed E-state index contributed by atoms with van der Waals surface area (Å²) in [5.74, 6) is -1.48. The number of halogens is 2. The van der Waals surface area contributed by atoms with E-state index in [2.05, 4.69) is 20.7 Å². The molecule has 2 fully saturated rings. The van der Waals surface area contributed by atoms with Crippen LogP contribution in [0.1, 0.15) is 63.0 Å². The smallest absolute Gasteiger partial charge is 0.406 e. The van der Waals surface area contributed by atoms with E-state index in [0.29, 0.717) is 32.0 Å². The van der Waals surface area contributed by atoms with E-state index in [9.17, 15) is 18.4 Å². The van der Waals surface area contributed by atoms with Crippen LogP contribution in [0.15, 0.2) is 18.2 Å². The molecule has 1 saturated heterocycles. The average Bonchev–Trinajstić information content (AvgIpc) is 2.91. The summed E-state index contributed by atoms with van der Waals surface area (Å²) in [4.78, 5) is 26.4. The van der Waals surface area contributed by atoms with E-state index in [0.717, 1.165) is 18.9 Å². The molecule has 3 rings (SSSR count). The van der Waals surface area contributed by atoms with Crippen LogP contribution in [0.3, 0.4) is 0 Å². The first-order chi connectivity index (χ1) is 17.9. The van der Waals surface area contributed by atoms with Gasteiger partial charge >= 0.3 is 12.1 Å². The molecule has 1 aliphatic heterocycles. The molecule has 10 heteroatoms. The number of benzene rings is 1. The summed E-state index contributed by atoms with van der Waals surface area (Å²) in [5.41, 5.74) is 0.121. The van der Waals surface area contributed by atoms with Gasteiger partial charge < -0.3 is 30.3 Å². The lowest BCUT2D eigenvalue weighted by Crippen LogP contribution is -2.52. The molecule has 208 valence electrons. The summed E-state index contributed by atoms with van der Waals surface area (Å²) in [5, 5.41) is 8.94. The fourth-order valence-electron chi connectivity index (χ4n) is 5.60. The van der Waals surface area contributed by atoms with E-state index < -0.39 is 23.8 Å². The number of ether oxygens (including phenoxy) is 2. The first-order valence-electron chi connectivity index (χ1n) is 13.5. The highest BCUT2D eigenvalue weighted by molar-refractivity contribution is 5.74. The Morgan fingerprint density at radius 1 is 1.14 bits per heavy atom. The summed E-state index contributed by atoms with van der Waals surface area (Å²) >= 11 is 0. The number of rotatable bonds is 11. The largest absolute Gasteiger partial charge is 0.453 e. The van der Waals surface area contributed by atoms with Crippen LogP contribution in [0.4, 0.5) is 18.4 Å². The van der Waals surface area contributed by atoms with Gasteiger partial charge in [0.25, 0.3) is 0 Å². The number of hydrogen-bond acceptors (Lipinski definition) is 5. The number of methoxy groups -OCH3 is 1. The molecule has 1 heterocycles. The monoisotopic (exact) mass is 524 g/mol. The predicted molar refractivity (Wildman–Crippen MR) is 137 cm³/mol. The van der Waals surface area contributed by atoms with Crippen molar-refractivity contribution < 1.29 is 27.8 Å². The lowest BCUT2D eigenvalue weighted by molar-refractivity contribution is -0.0109. The second kappa shape index (κ2) is 15.1. The number of hydrogen-bond donors (Lipinski definition) is 3. The van der Waals surface area contributed by atoms with Crippen molar-refractivity contribution in [2.24, 2.45) is 11.8 Å². The summed E-state index contributed by atoms with van der Waals surface area (Å²) in [7, 11) is 3.15. The van der Waals surface area contributed by atoms with Gasteiger partial charge in [-0.25, -0.2) is 18.4 Å². The number of nitrogens with zero attached hydrogens (tertiary/aromatic N) is 1. The molecule has 1 saturated carbocycles. The van der Waals surface area contributed by atoms with Crippen LogP contribution < -0.4 is 16.0 Å². The quantitative estimate of drug-likeness (QED) is 0.374. The zero-order valence-electron chi connectivity index (χ0n) is 22.1. The molecule has 1 aliphatic carbocycles. The summed E-state index contributed by atoms with van der Waals surface area (Å²) in [6.45, 7) is 1.91. The van der Waals surface area contributed by atoms with Gasteiger partial charge in [-0.3, -0.25) is 0 Å². The Morgan fingerprint density at radius 2 is 1.92 bits per heavy atom. The minimum Gasteiger partial charge on any atom is -0.453 e. The minimum absolute atomic E-state index is 0.0399. The third-order valence-corrected chi connectivity index (χ3v) is 7.44. The Kier molecular flexibility index (Phi) is 11.9. The summed E-state index contributed by atoms with van der Waals surface area (Å²) in [6, 6.07) is 3.95. The van der Waals surface area contributed by atoms with Crippen molar-refractivity contribution in [1.29, 1.82) is 0 Å². The van der Waals surface area contributed by atoms with Gasteiger partial charge in [0.15, 0.2) is 11.6 Å². The first-order valence-corrected chi connectivity index (χ1v) is 13.5. The van der Waals surface area contributed by atoms with E-state index >= 15 is 0 Å². The van der Waals surface area contributed by atoms with Crippen LogP contribution in [0.2, 0.25) is 0 Å². The Morgan fingerprint density at radius 3 is 2.65 bits per heavy atom. The molecule has 3 amide bonds. The number of nitrogens with one attached hydrogen (secondary N) is 3. The summed E-state index contributed by atoms with van der Waals surface area (Å²) in [6.07, 6.45) is 7.27. The van der Waals surface area contributed by atoms with Gasteiger partial charge in [-0.2, -0.15) is 0 Å². The molecule has 2 aliphatic rings. The molecule has 0 aromatic heterocycles. The van der Waals surface area contributed by atoms with Crippen molar-refractivity contribution in [3.05, 3.63) is 35.4 Å². The maximum atomic E-state index is 14.8. The molecule has 3 N–H and O–H groups in total. The molecule has 1 aromatic carbocycles. The van der Waals surface area contributed by atoms with Gasteiger partial charge in [-0.1, -0.05) is 44.2 Å². The molecule has 1 aromatic rings. The first kappa shape index (κ1) is 29.1. The van der Waals surface area contributed by atoms with Gasteiger partial charge in [-0.15, -0.1) is 0 Å². The van der Waals surface area contributed by atoms with Crippen molar-refractivity contribution >= 4 is 12.1 Å². The van der Waals surface area contributed by atoms with Crippen LogP contribution in [0.5, 0.6) is 0 Å². The van der Waals surface area contributed by atoms with E-state index in [1.54, 1.807) is 4.90 Å².